The van der Waals surface area contributed by atoms with E-state index in [1.54, 1.807) is 0 Å². The molecular weight excluding hydrogens is 393 g/mol. The number of aliphatic hydroxyl groups is 1. The Morgan fingerprint density at radius 1 is 1.04 bits per heavy atom. The van der Waals surface area contributed by atoms with Gasteiger partial charge in [-0.3, -0.25) is 0 Å². The lowest BCUT2D eigenvalue weighted by Crippen LogP contribution is -2.25. The first-order valence-corrected chi connectivity index (χ1v) is 10.4. The zero-order valence-electron chi connectivity index (χ0n) is 16.4. The third kappa shape index (κ3) is 6.97. The average Bonchev–Trinajstić information content (AvgIpc) is 2.69. The van der Waals surface area contributed by atoms with Crippen LogP contribution in [0.2, 0.25) is 5.02 Å². The molecule has 2 aromatic carbocycles. The van der Waals surface area contributed by atoms with Crippen molar-refractivity contribution in [1.82, 2.24) is 5.32 Å². The van der Waals surface area contributed by atoms with Gasteiger partial charge in [0.25, 0.3) is 0 Å². The largest absolute Gasteiger partial charge is 0.490 e. The summed E-state index contributed by atoms with van der Waals surface area (Å²) in [5.74, 6) is 1.34. The van der Waals surface area contributed by atoms with Gasteiger partial charge >= 0.3 is 0 Å². The number of aliphatic hydroxyl groups excluding tert-OH is 1. The predicted octanol–water partition coefficient (Wildman–Crippen LogP) is 5.90. The molecular formula is C23H31Cl2NO2. The maximum Gasteiger partial charge on any atom is 0.119 e. The summed E-state index contributed by atoms with van der Waals surface area (Å²) in [6.45, 7) is 3.50. The van der Waals surface area contributed by atoms with Crippen molar-refractivity contribution < 1.29 is 9.84 Å². The fraction of sp³-hybridized carbons (Fsp3) is 0.478. The van der Waals surface area contributed by atoms with Crippen LogP contribution in [-0.4, -0.2) is 24.3 Å². The molecule has 0 saturated heterocycles. The van der Waals surface area contributed by atoms with Crippen LogP contribution in [-0.2, 0) is 0 Å². The zero-order valence-corrected chi connectivity index (χ0v) is 18.0. The number of nitrogens with one attached hydrogen (secondary N) is 1. The number of ether oxygens (including phenoxy) is 1. The molecule has 2 aromatic rings. The summed E-state index contributed by atoms with van der Waals surface area (Å²) in [7, 11) is 0. The van der Waals surface area contributed by atoms with Crippen LogP contribution in [0.4, 0.5) is 0 Å². The van der Waals surface area contributed by atoms with E-state index in [0.717, 1.165) is 17.9 Å². The van der Waals surface area contributed by atoms with Crippen molar-refractivity contribution in [2.45, 2.75) is 57.2 Å². The van der Waals surface area contributed by atoms with Gasteiger partial charge in [-0.1, -0.05) is 49.2 Å². The molecule has 1 saturated carbocycles. The van der Waals surface area contributed by atoms with Gasteiger partial charge in [0.05, 0.1) is 12.2 Å². The van der Waals surface area contributed by atoms with E-state index in [1.807, 2.05) is 24.3 Å². The molecule has 5 heteroatoms. The van der Waals surface area contributed by atoms with Crippen molar-refractivity contribution >= 4 is 24.0 Å². The van der Waals surface area contributed by atoms with Crippen molar-refractivity contribution in [3.63, 3.8) is 0 Å². The minimum Gasteiger partial charge on any atom is -0.490 e. The van der Waals surface area contributed by atoms with Crippen molar-refractivity contribution in [2.24, 2.45) is 0 Å². The molecule has 28 heavy (non-hydrogen) atoms. The fourth-order valence-corrected chi connectivity index (χ4v) is 3.84. The molecule has 154 valence electrons. The van der Waals surface area contributed by atoms with Gasteiger partial charge in [-0.15, -0.1) is 12.4 Å². The minimum absolute atomic E-state index is 0. The first-order valence-electron chi connectivity index (χ1n) is 10.0. The SMILES string of the molecule is CC(CNCC(O)c1cccc(Cl)c1)c1ccc(OC2CCCCC2)cc1.Cl. The minimum atomic E-state index is -0.554. The molecule has 0 aromatic heterocycles. The van der Waals surface area contributed by atoms with Gasteiger partial charge in [0.15, 0.2) is 0 Å². The summed E-state index contributed by atoms with van der Waals surface area (Å²) in [6.07, 6.45) is 6.10. The van der Waals surface area contributed by atoms with E-state index < -0.39 is 6.10 Å². The topological polar surface area (TPSA) is 41.5 Å². The lowest BCUT2D eigenvalue weighted by Gasteiger charge is -2.23. The summed E-state index contributed by atoms with van der Waals surface area (Å²) >= 11 is 5.99. The zero-order chi connectivity index (χ0) is 19.1. The lowest BCUT2D eigenvalue weighted by atomic mass is 9.97. The van der Waals surface area contributed by atoms with Crippen LogP contribution in [0.3, 0.4) is 0 Å². The van der Waals surface area contributed by atoms with Gasteiger partial charge in [-0.05, 0) is 67.0 Å². The lowest BCUT2D eigenvalue weighted by molar-refractivity contribution is 0.155. The Labute approximate surface area is 179 Å². The standard InChI is InChI=1S/C23H30ClNO2.ClH/c1-17(15-25-16-23(26)19-6-5-7-20(24)14-19)18-10-12-22(13-11-18)27-21-8-3-2-4-9-21;/h5-7,10-14,17,21,23,25-26H,2-4,8-9,15-16H2,1H3;1H. The highest BCUT2D eigenvalue weighted by Crippen LogP contribution is 2.25. The third-order valence-corrected chi connectivity index (χ3v) is 5.56. The molecule has 2 N–H and O–H groups in total. The first-order chi connectivity index (χ1) is 13.1. The molecule has 0 radical (unpaired) electrons. The molecule has 2 unspecified atom stereocenters. The number of rotatable bonds is 8. The van der Waals surface area contributed by atoms with Gasteiger partial charge in [0.2, 0.25) is 0 Å². The molecule has 2 atom stereocenters. The smallest absolute Gasteiger partial charge is 0.119 e. The first kappa shape index (κ1) is 23.0. The van der Waals surface area contributed by atoms with Crippen LogP contribution in [0.1, 0.15) is 62.2 Å². The maximum absolute atomic E-state index is 10.3. The monoisotopic (exact) mass is 423 g/mol. The van der Waals surface area contributed by atoms with Crippen molar-refractivity contribution in [3.8, 4) is 5.75 Å². The summed E-state index contributed by atoms with van der Waals surface area (Å²) in [5, 5.41) is 14.3. The number of benzene rings is 2. The highest BCUT2D eigenvalue weighted by Gasteiger charge is 2.15. The molecule has 0 aliphatic heterocycles. The summed E-state index contributed by atoms with van der Waals surface area (Å²) in [5.41, 5.74) is 2.11. The van der Waals surface area contributed by atoms with Crippen LogP contribution in [0, 0.1) is 0 Å². The van der Waals surface area contributed by atoms with Gasteiger partial charge in [0, 0.05) is 18.1 Å². The van der Waals surface area contributed by atoms with Crippen molar-refractivity contribution in [1.29, 1.82) is 0 Å². The van der Waals surface area contributed by atoms with Gasteiger partial charge in [-0.25, -0.2) is 0 Å². The third-order valence-electron chi connectivity index (χ3n) is 5.33. The summed E-state index contributed by atoms with van der Waals surface area (Å²) < 4.78 is 6.10. The Morgan fingerprint density at radius 3 is 2.43 bits per heavy atom. The average molecular weight is 424 g/mol. The van der Waals surface area contributed by atoms with Crippen LogP contribution in [0.25, 0.3) is 0 Å². The second kappa shape index (κ2) is 11.7. The van der Waals surface area contributed by atoms with Crippen LogP contribution < -0.4 is 10.1 Å². The van der Waals surface area contributed by atoms with E-state index in [4.69, 9.17) is 16.3 Å². The second-order valence-electron chi connectivity index (χ2n) is 7.58. The Bertz CT molecular complexity index is 702. The van der Waals surface area contributed by atoms with Crippen LogP contribution in [0.15, 0.2) is 48.5 Å². The highest BCUT2D eigenvalue weighted by atomic mass is 35.5. The second-order valence-corrected chi connectivity index (χ2v) is 8.01. The van der Waals surface area contributed by atoms with Gasteiger partial charge < -0.3 is 15.2 Å². The summed E-state index contributed by atoms with van der Waals surface area (Å²) in [6, 6.07) is 15.8. The van der Waals surface area contributed by atoms with E-state index >= 15 is 0 Å². The molecule has 3 rings (SSSR count). The number of halogens is 2. The van der Waals surface area contributed by atoms with Crippen LogP contribution >= 0.6 is 24.0 Å². The molecule has 1 aliphatic carbocycles. The Hall–Kier alpha value is -1.26. The highest BCUT2D eigenvalue weighted by molar-refractivity contribution is 6.30. The van der Waals surface area contributed by atoms with E-state index in [-0.39, 0.29) is 12.4 Å². The normalized spacial score (nSPS) is 16.8. The Kier molecular flexibility index (Phi) is 9.60. The molecule has 1 fully saturated rings. The fourth-order valence-electron chi connectivity index (χ4n) is 3.64. The number of hydrogen-bond acceptors (Lipinski definition) is 3. The van der Waals surface area contributed by atoms with E-state index in [0.29, 0.717) is 23.6 Å². The molecule has 0 heterocycles. The predicted molar refractivity (Wildman–Crippen MR) is 119 cm³/mol. The Morgan fingerprint density at radius 2 is 1.75 bits per heavy atom. The number of hydrogen-bond donors (Lipinski definition) is 2. The maximum atomic E-state index is 10.3. The van der Waals surface area contributed by atoms with Crippen molar-refractivity contribution in [3.05, 3.63) is 64.7 Å². The molecule has 0 spiro atoms. The van der Waals surface area contributed by atoms with E-state index in [1.165, 1.54) is 37.7 Å². The van der Waals surface area contributed by atoms with Gasteiger partial charge in [0.1, 0.15) is 5.75 Å². The molecule has 3 nitrogen and oxygen atoms in total. The van der Waals surface area contributed by atoms with Gasteiger partial charge in [-0.2, -0.15) is 0 Å². The molecule has 0 bridgehead atoms. The Balaban J connectivity index is 0.00000280. The van der Waals surface area contributed by atoms with E-state index in [2.05, 4.69) is 36.5 Å². The van der Waals surface area contributed by atoms with Crippen molar-refractivity contribution in [2.75, 3.05) is 13.1 Å². The van der Waals surface area contributed by atoms with E-state index in [9.17, 15) is 5.11 Å². The van der Waals surface area contributed by atoms with Crippen LogP contribution in [0.5, 0.6) is 5.75 Å². The summed E-state index contributed by atoms with van der Waals surface area (Å²) in [4.78, 5) is 0. The molecule has 0 amide bonds. The molecule has 1 aliphatic rings. The quantitative estimate of drug-likeness (QED) is 0.554.